The van der Waals surface area contributed by atoms with Gasteiger partial charge in [0.15, 0.2) is 5.82 Å². The van der Waals surface area contributed by atoms with Gasteiger partial charge in [-0.05, 0) is 50.7 Å². The Morgan fingerprint density at radius 3 is 3.08 bits per heavy atom. The standard InChI is InChI=1S/C17H22N6O/c1-11-19-16(22-21-11)13-6-7-23(10-13)17(24)20-14-8-12-4-2-3-5-15(12)18-9-14/h8-9,13H,2-7,10H2,1H3,(H,20,24)(H,19,21,22). The third-order valence-electron chi connectivity index (χ3n) is 4.88. The fourth-order valence-corrected chi connectivity index (χ4v) is 3.56. The first-order valence-corrected chi connectivity index (χ1v) is 8.61. The summed E-state index contributed by atoms with van der Waals surface area (Å²) in [6.07, 6.45) is 7.19. The molecule has 0 saturated carbocycles. The highest BCUT2D eigenvalue weighted by Crippen LogP contribution is 2.26. The summed E-state index contributed by atoms with van der Waals surface area (Å²) >= 11 is 0. The van der Waals surface area contributed by atoms with E-state index in [9.17, 15) is 4.79 Å². The summed E-state index contributed by atoms with van der Waals surface area (Å²) in [6.45, 7) is 3.27. The SMILES string of the molecule is Cc1nc(C2CCN(C(=O)Nc3cnc4c(c3)CCCC4)C2)n[nH]1. The zero-order valence-corrected chi connectivity index (χ0v) is 13.9. The lowest BCUT2D eigenvalue weighted by Crippen LogP contribution is -2.33. The van der Waals surface area contributed by atoms with Crippen molar-refractivity contribution in [3.8, 4) is 0 Å². The molecule has 1 aliphatic carbocycles. The molecule has 2 aromatic heterocycles. The Morgan fingerprint density at radius 1 is 1.38 bits per heavy atom. The Balaban J connectivity index is 1.40. The monoisotopic (exact) mass is 326 g/mol. The molecule has 126 valence electrons. The van der Waals surface area contributed by atoms with Gasteiger partial charge in [0.05, 0.1) is 11.9 Å². The van der Waals surface area contributed by atoms with Crippen molar-refractivity contribution >= 4 is 11.7 Å². The second-order valence-electron chi connectivity index (χ2n) is 6.68. The first kappa shape index (κ1) is 15.1. The van der Waals surface area contributed by atoms with Gasteiger partial charge in [-0.15, -0.1) is 0 Å². The zero-order chi connectivity index (χ0) is 16.5. The highest BCUT2D eigenvalue weighted by molar-refractivity contribution is 5.89. The summed E-state index contributed by atoms with van der Waals surface area (Å²) in [5, 5.41) is 10.1. The van der Waals surface area contributed by atoms with Crippen LogP contribution in [0.4, 0.5) is 10.5 Å². The third kappa shape index (κ3) is 2.98. The average Bonchev–Trinajstić information content (AvgIpc) is 3.23. The van der Waals surface area contributed by atoms with Crippen LogP contribution >= 0.6 is 0 Å². The van der Waals surface area contributed by atoms with Crippen molar-refractivity contribution in [2.45, 2.75) is 44.9 Å². The van der Waals surface area contributed by atoms with E-state index < -0.39 is 0 Å². The predicted molar refractivity (Wildman–Crippen MR) is 89.9 cm³/mol. The number of aromatic amines is 1. The Kier molecular flexibility index (Phi) is 3.92. The fourth-order valence-electron chi connectivity index (χ4n) is 3.56. The van der Waals surface area contributed by atoms with Crippen molar-refractivity contribution in [2.75, 3.05) is 18.4 Å². The van der Waals surface area contributed by atoms with E-state index in [1.165, 1.54) is 24.1 Å². The molecule has 3 heterocycles. The molecule has 1 saturated heterocycles. The molecule has 1 unspecified atom stereocenters. The average molecular weight is 326 g/mol. The van der Waals surface area contributed by atoms with Crippen LogP contribution in [0.2, 0.25) is 0 Å². The van der Waals surface area contributed by atoms with Crippen molar-refractivity contribution in [3.05, 3.63) is 35.2 Å². The molecule has 0 spiro atoms. The van der Waals surface area contributed by atoms with Gasteiger partial charge < -0.3 is 10.2 Å². The van der Waals surface area contributed by atoms with E-state index in [0.717, 1.165) is 43.1 Å². The molecule has 7 nitrogen and oxygen atoms in total. The second kappa shape index (κ2) is 6.22. The number of H-pyrrole nitrogens is 1. The third-order valence-corrected chi connectivity index (χ3v) is 4.88. The Bertz CT molecular complexity index is 755. The number of aryl methyl sites for hydroxylation is 3. The maximum atomic E-state index is 12.5. The molecule has 0 aromatic carbocycles. The molecule has 1 fully saturated rings. The molecule has 1 aliphatic heterocycles. The molecule has 0 radical (unpaired) electrons. The highest BCUT2D eigenvalue weighted by Gasteiger charge is 2.30. The summed E-state index contributed by atoms with van der Waals surface area (Å²) in [4.78, 5) is 23.2. The van der Waals surface area contributed by atoms with E-state index in [1.807, 2.05) is 11.8 Å². The maximum Gasteiger partial charge on any atom is 0.321 e. The molecule has 2 aromatic rings. The van der Waals surface area contributed by atoms with Gasteiger partial charge in [0.2, 0.25) is 0 Å². The van der Waals surface area contributed by atoms with Crippen LogP contribution in [-0.2, 0) is 12.8 Å². The Labute approximate surface area is 140 Å². The molecule has 2 aliphatic rings. The van der Waals surface area contributed by atoms with Gasteiger partial charge in [-0.25, -0.2) is 9.78 Å². The van der Waals surface area contributed by atoms with Crippen LogP contribution in [0.25, 0.3) is 0 Å². The lowest BCUT2D eigenvalue weighted by Gasteiger charge is -2.19. The fraction of sp³-hybridized carbons (Fsp3) is 0.529. The van der Waals surface area contributed by atoms with E-state index >= 15 is 0 Å². The highest BCUT2D eigenvalue weighted by atomic mass is 16.2. The predicted octanol–water partition coefficient (Wildman–Crippen LogP) is 2.41. The normalized spacial score (nSPS) is 20.0. The zero-order valence-electron chi connectivity index (χ0n) is 13.9. The molecule has 24 heavy (non-hydrogen) atoms. The number of nitrogens with zero attached hydrogens (tertiary/aromatic N) is 4. The maximum absolute atomic E-state index is 12.5. The van der Waals surface area contributed by atoms with Gasteiger partial charge in [-0.2, -0.15) is 5.10 Å². The van der Waals surface area contributed by atoms with E-state index in [2.05, 4.69) is 31.5 Å². The van der Waals surface area contributed by atoms with Crippen LogP contribution in [0, 0.1) is 6.92 Å². The van der Waals surface area contributed by atoms with Gasteiger partial charge in [0, 0.05) is 24.7 Å². The quantitative estimate of drug-likeness (QED) is 0.887. The number of rotatable bonds is 2. The molecule has 1 atom stereocenters. The van der Waals surface area contributed by atoms with Crippen molar-refractivity contribution in [1.82, 2.24) is 25.1 Å². The number of fused-ring (bicyclic) bond motifs is 1. The number of hydrogen-bond acceptors (Lipinski definition) is 4. The molecular formula is C17H22N6O. The molecule has 0 bridgehead atoms. The Morgan fingerprint density at radius 2 is 2.25 bits per heavy atom. The molecule has 7 heteroatoms. The van der Waals surface area contributed by atoms with E-state index in [4.69, 9.17) is 0 Å². The van der Waals surface area contributed by atoms with Gasteiger partial charge in [-0.1, -0.05) is 0 Å². The lowest BCUT2D eigenvalue weighted by molar-refractivity contribution is 0.222. The minimum absolute atomic E-state index is 0.0673. The number of aromatic nitrogens is 4. The largest absolute Gasteiger partial charge is 0.324 e. The van der Waals surface area contributed by atoms with E-state index in [0.29, 0.717) is 6.54 Å². The minimum Gasteiger partial charge on any atom is -0.324 e. The van der Waals surface area contributed by atoms with Gasteiger partial charge >= 0.3 is 6.03 Å². The van der Waals surface area contributed by atoms with E-state index in [1.54, 1.807) is 6.20 Å². The second-order valence-corrected chi connectivity index (χ2v) is 6.68. The Hall–Kier alpha value is -2.44. The number of likely N-dealkylation sites (tertiary alicyclic amines) is 1. The van der Waals surface area contributed by atoms with Crippen LogP contribution in [-0.4, -0.2) is 44.2 Å². The summed E-state index contributed by atoms with van der Waals surface area (Å²) in [5.41, 5.74) is 3.24. The number of anilines is 1. The molecule has 2 N–H and O–H groups in total. The van der Waals surface area contributed by atoms with Gasteiger partial charge in [-0.3, -0.25) is 10.1 Å². The summed E-state index contributed by atoms with van der Waals surface area (Å²) in [7, 11) is 0. The van der Waals surface area contributed by atoms with Crippen LogP contribution < -0.4 is 5.32 Å². The lowest BCUT2D eigenvalue weighted by atomic mass is 9.96. The first-order chi connectivity index (χ1) is 11.7. The van der Waals surface area contributed by atoms with Crippen molar-refractivity contribution in [1.29, 1.82) is 0 Å². The van der Waals surface area contributed by atoms with Crippen LogP contribution in [0.5, 0.6) is 0 Å². The topological polar surface area (TPSA) is 86.8 Å². The molecule has 4 rings (SSSR count). The van der Waals surface area contributed by atoms with Gasteiger partial charge in [0.1, 0.15) is 5.82 Å². The smallest absolute Gasteiger partial charge is 0.321 e. The molecular weight excluding hydrogens is 304 g/mol. The number of pyridine rings is 1. The van der Waals surface area contributed by atoms with Crippen molar-refractivity contribution in [2.24, 2.45) is 0 Å². The first-order valence-electron chi connectivity index (χ1n) is 8.61. The number of hydrogen-bond donors (Lipinski definition) is 2. The van der Waals surface area contributed by atoms with Gasteiger partial charge in [0.25, 0.3) is 0 Å². The minimum atomic E-state index is -0.0673. The molecule has 2 amide bonds. The number of carbonyl (C=O) groups excluding carboxylic acids is 1. The number of nitrogens with one attached hydrogen (secondary N) is 2. The van der Waals surface area contributed by atoms with Crippen LogP contribution in [0.1, 0.15) is 48.1 Å². The summed E-state index contributed by atoms with van der Waals surface area (Å²) in [5.74, 6) is 1.83. The van der Waals surface area contributed by atoms with Crippen LogP contribution in [0.15, 0.2) is 12.3 Å². The van der Waals surface area contributed by atoms with Crippen molar-refractivity contribution in [3.63, 3.8) is 0 Å². The summed E-state index contributed by atoms with van der Waals surface area (Å²) in [6, 6.07) is 2.01. The van der Waals surface area contributed by atoms with E-state index in [-0.39, 0.29) is 11.9 Å². The number of amides is 2. The number of urea groups is 1. The summed E-state index contributed by atoms with van der Waals surface area (Å²) < 4.78 is 0. The van der Waals surface area contributed by atoms with Crippen LogP contribution in [0.3, 0.4) is 0 Å². The van der Waals surface area contributed by atoms with Crippen molar-refractivity contribution < 1.29 is 4.79 Å². The number of carbonyl (C=O) groups is 1.